The maximum absolute atomic E-state index is 11.3. The highest BCUT2D eigenvalue weighted by Crippen LogP contribution is 2.45. The predicted molar refractivity (Wildman–Crippen MR) is 63.4 cm³/mol. The van der Waals surface area contributed by atoms with Crippen molar-refractivity contribution in [1.82, 2.24) is 0 Å². The van der Waals surface area contributed by atoms with Gasteiger partial charge in [-0.2, -0.15) is 0 Å². The van der Waals surface area contributed by atoms with Crippen molar-refractivity contribution in [1.29, 1.82) is 0 Å². The highest BCUT2D eigenvalue weighted by Gasteiger charge is 2.46. The van der Waals surface area contributed by atoms with Crippen molar-refractivity contribution in [2.75, 3.05) is 0 Å². The van der Waals surface area contributed by atoms with E-state index < -0.39 is 0 Å². The summed E-state index contributed by atoms with van der Waals surface area (Å²) in [6.45, 7) is 4.46. The van der Waals surface area contributed by atoms with Crippen LogP contribution in [0.2, 0.25) is 0 Å². The molecule has 2 aliphatic heterocycles. The van der Waals surface area contributed by atoms with Crippen molar-refractivity contribution in [2.45, 2.75) is 64.3 Å². The van der Waals surface area contributed by atoms with E-state index in [0.29, 0.717) is 36.4 Å². The molecule has 3 rings (SSSR count). The first-order valence-corrected chi connectivity index (χ1v) is 6.98. The molecule has 1 aliphatic carbocycles. The van der Waals surface area contributed by atoms with Crippen LogP contribution in [0.5, 0.6) is 0 Å². The van der Waals surface area contributed by atoms with E-state index in [1.165, 1.54) is 12.8 Å². The SMILES string of the molecule is CC(C)C1CC2CC3CCC(=O)OC3CC2O1. The third kappa shape index (κ3) is 2.10. The Labute approximate surface area is 103 Å². The van der Waals surface area contributed by atoms with E-state index in [2.05, 4.69) is 13.8 Å². The highest BCUT2D eigenvalue weighted by atomic mass is 16.6. The maximum Gasteiger partial charge on any atom is 0.306 e. The molecule has 0 spiro atoms. The zero-order valence-electron chi connectivity index (χ0n) is 10.7. The van der Waals surface area contributed by atoms with Gasteiger partial charge < -0.3 is 9.47 Å². The zero-order chi connectivity index (χ0) is 12.0. The van der Waals surface area contributed by atoms with Gasteiger partial charge >= 0.3 is 5.97 Å². The summed E-state index contributed by atoms with van der Waals surface area (Å²) in [6, 6.07) is 0. The molecule has 2 saturated heterocycles. The first-order valence-electron chi connectivity index (χ1n) is 6.98. The Morgan fingerprint density at radius 3 is 2.71 bits per heavy atom. The fraction of sp³-hybridized carbons (Fsp3) is 0.929. The molecule has 3 aliphatic rings. The molecule has 0 aromatic heterocycles. The molecule has 0 radical (unpaired) electrons. The molecule has 0 aromatic rings. The van der Waals surface area contributed by atoms with Gasteiger partial charge in [-0.15, -0.1) is 0 Å². The van der Waals surface area contributed by atoms with Crippen molar-refractivity contribution in [3.8, 4) is 0 Å². The lowest BCUT2D eigenvalue weighted by Crippen LogP contribution is -2.42. The van der Waals surface area contributed by atoms with Crippen LogP contribution < -0.4 is 0 Å². The van der Waals surface area contributed by atoms with E-state index in [0.717, 1.165) is 12.8 Å². The number of hydrogen-bond donors (Lipinski definition) is 0. The zero-order valence-corrected chi connectivity index (χ0v) is 10.7. The summed E-state index contributed by atoms with van der Waals surface area (Å²) >= 11 is 0. The van der Waals surface area contributed by atoms with E-state index in [-0.39, 0.29) is 12.1 Å². The smallest absolute Gasteiger partial charge is 0.306 e. The molecular formula is C14H22O3. The molecule has 3 fully saturated rings. The largest absolute Gasteiger partial charge is 0.462 e. The molecule has 3 nitrogen and oxygen atoms in total. The lowest BCUT2D eigenvalue weighted by Gasteiger charge is -2.39. The van der Waals surface area contributed by atoms with Crippen LogP contribution in [-0.2, 0) is 14.3 Å². The molecule has 1 saturated carbocycles. The Morgan fingerprint density at radius 1 is 1.12 bits per heavy atom. The number of ether oxygens (including phenoxy) is 2. The molecule has 3 heteroatoms. The second-order valence-electron chi connectivity index (χ2n) is 6.25. The van der Waals surface area contributed by atoms with Crippen LogP contribution in [0, 0.1) is 17.8 Å². The summed E-state index contributed by atoms with van der Waals surface area (Å²) in [7, 11) is 0. The molecule has 2 heterocycles. The van der Waals surface area contributed by atoms with E-state index in [1.54, 1.807) is 0 Å². The van der Waals surface area contributed by atoms with Gasteiger partial charge in [0, 0.05) is 12.8 Å². The van der Waals surface area contributed by atoms with Crippen molar-refractivity contribution in [2.24, 2.45) is 17.8 Å². The molecule has 0 aromatic carbocycles. The minimum absolute atomic E-state index is 0.0110. The summed E-state index contributed by atoms with van der Waals surface area (Å²) in [5.41, 5.74) is 0. The average Bonchev–Trinajstić information content (AvgIpc) is 2.68. The van der Waals surface area contributed by atoms with E-state index in [9.17, 15) is 4.79 Å². The van der Waals surface area contributed by atoms with Crippen LogP contribution in [0.1, 0.15) is 46.0 Å². The molecule has 0 N–H and O–H groups in total. The fourth-order valence-corrected chi connectivity index (χ4v) is 3.71. The van der Waals surface area contributed by atoms with Crippen LogP contribution in [0.25, 0.3) is 0 Å². The van der Waals surface area contributed by atoms with Crippen LogP contribution in [0.4, 0.5) is 0 Å². The number of hydrogen-bond acceptors (Lipinski definition) is 3. The molecule has 5 unspecified atom stereocenters. The number of fused-ring (bicyclic) bond motifs is 2. The normalized spacial score (nSPS) is 45.4. The van der Waals surface area contributed by atoms with Crippen LogP contribution in [-0.4, -0.2) is 24.3 Å². The van der Waals surface area contributed by atoms with Crippen molar-refractivity contribution >= 4 is 5.97 Å². The Balaban J connectivity index is 1.67. The Bertz CT molecular complexity index is 313. The first-order chi connectivity index (χ1) is 8.13. The fourth-order valence-electron chi connectivity index (χ4n) is 3.71. The molecule has 17 heavy (non-hydrogen) atoms. The Morgan fingerprint density at radius 2 is 1.94 bits per heavy atom. The highest BCUT2D eigenvalue weighted by molar-refractivity contribution is 5.70. The van der Waals surface area contributed by atoms with Gasteiger partial charge in [0.1, 0.15) is 6.10 Å². The second kappa shape index (κ2) is 4.27. The van der Waals surface area contributed by atoms with E-state index >= 15 is 0 Å². The van der Waals surface area contributed by atoms with Gasteiger partial charge in [0.15, 0.2) is 0 Å². The molecule has 0 bridgehead atoms. The van der Waals surface area contributed by atoms with Crippen molar-refractivity contribution in [3.05, 3.63) is 0 Å². The van der Waals surface area contributed by atoms with Crippen LogP contribution >= 0.6 is 0 Å². The summed E-state index contributed by atoms with van der Waals surface area (Å²) in [5.74, 6) is 1.90. The minimum atomic E-state index is -0.0110. The number of carbonyl (C=O) groups is 1. The monoisotopic (exact) mass is 238 g/mol. The lowest BCUT2D eigenvalue weighted by atomic mass is 9.74. The van der Waals surface area contributed by atoms with Crippen molar-refractivity contribution < 1.29 is 14.3 Å². The maximum atomic E-state index is 11.3. The van der Waals surface area contributed by atoms with Crippen LogP contribution in [0.3, 0.4) is 0 Å². The van der Waals surface area contributed by atoms with E-state index in [1.807, 2.05) is 0 Å². The summed E-state index contributed by atoms with van der Waals surface area (Å²) < 4.78 is 11.6. The minimum Gasteiger partial charge on any atom is -0.462 e. The lowest BCUT2D eigenvalue weighted by molar-refractivity contribution is -0.166. The Kier molecular flexibility index (Phi) is 2.89. The van der Waals surface area contributed by atoms with Gasteiger partial charge in [0.2, 0.25) is 0 Å². The first kappa shape index (κ1) is 11.5. The molecule has 5 atom stereocenters. The summed E-state index contributed by atoms with van der Waals surface area (Å²) in [5, 5.41) is 0. The van der Waals surface area contributed by atoms with Crippen molar-refractivity contribution in [3.63, 3.8) is 0 Å². The third-order valence-electron chi connectivity index (χ3n) is 4.75. The van der Waals surface area contributed by atoms with Gasteiger partial charge in [-0.1, -0.05) is 13.8 Å². The number of esters is 1. The standard InChI is InChI=1S/C14H22O3/c1-8(2)11-6-10-5-9-3-4-14(15)17-12(9)7-13(10)16-11/h8-13H,3-7H2,1-2H3. The summed E-state index contributed by atoms with van der Waals surface area (Å²) in [4.78, 5) is 11.3. The molecule has 0 amide bonds. The summed E-state index contributed by atoms with van der Waals surface area (Å²) in [6.07, 6.45) is 5.89. The van der Waals surface area contributed by atoms with Gasteiger partial charge in [-0.05, 0) is 37.0 Å². The number of carbonyl (C=O) groups excluding carboxylic acids is 1. The number of rotatable bonds is 1. The molecular weight excluding hydrogens is 216 g/mol. The van der Waals surface area contributed by atoms with Crippen LogP contribution in [0.15, 0.2) is 0 Å². The van der Waals surface area contributed by atoms with Gasteiger partial charge in [0.25, 0.3) is 0 Å². The topological polar surface area (TPSA) is 35.5 Å². The molecule has 96 valence electrons. The average molecular weight is 238 g/mol. The predicted octanol–water partition coefficient (Wildman–Crippen LogP) is 2.53. The third-order valence-corrected chi connectivity index (χ3v) is 4.75. The van der Waals surface area contributed by atoms with Gasteiger partial charge in [0.05, 0.1) is 12.2 Å². The Hall–Kier alpha value is -0.570. The van der Waals surface area contributed by atoms with E-state index in [4.69, 9.17) is 9.47 Å². The second-order valence-corrected chi connectivity index (χ2v) is 6.25. The van der Waals surface area contributed by atoms with Gasteiger partial charge in [-0.3, -0.25) is 4.79 Å². The quantitative estimate of drug-likeness (QED) is 0.658. The van der Waals surface area contributed by atoms with Gasteiger partial charge in [-0.25, -0.2) is 0 Å².